The zero-order valence-electron chi connectivity index (χ0n) is 32.4. The van der Waals surface area contributed by atoms with Gasteiger partial charge in [-0.25, -0.2) is 0 Å². The molecule has 6 atom stereocenters. The topological polar surface area (TPSA) is 172 Å². The van der Waals surface area contributed by atoms with Gasteiger partial charge in [-0.15, -0.1) is 0 Å². The summed E-state index contributed by atoms with van der Waals surface area (Å²) in [5.41, 5.74) is 6.26. The van der Waals surface area contributed by atoms with Gasteiger partial charge in [-0.1, -0.05) is 55.7 Å². The second-order valence-corrected chi connectivity index (χ2v) is 16.6. The number of ether oxygens (including phenoxy) is 2. The third kappa shape index (κ3) is 10.8. The van der Waals surface area contributed by atoms with Crippen molar-refractivity contribution in [3.8, 4) is 11.5 Å². The monoisotopic (exact) mass is 755 g/mol. The van der Waals surface area contributed by atoms with Crippen molar-refractivity contribution in [2.45, 2.75) is 108 Å². The molecule has 1 saturated heterocycles. The number of fused-ring (bicyclic) bond motifs is 15. The van der Waals surface area contributed by atoms with Gasteiger partial charge in [0.1, 0.15) is 17.5 Å². The number of likely N-dealkylation sites (tertiary alicyclic amines) is 1. The lowest BCUT2D eigenvalue weighted by molar-refractivity contribution is -0.133. The SMILES string of the molecule is CC(C)(C)NC(=O)[C@@H]1CC2CCCCC2CN1C[C@@H](O)[C@@H]1Cc2ccc(cc2)OCCCCOc2cc3ccccc3cc2C(=O)N[C@@H](CC(N)=O)C(=O)N1. The Morgan fingerprint density at radius 3 is 2.29 bits per heavy atom. The van der Waals surface area contributed by atoms with Crippen molar-refractivity contribution in [3.05, 3.63) is 71.8 Å². The fourth-order valence-corrected chi connectivity index (χ4v) is 8.28. The summed E-state index contributed by atoms with van der Waals surface area (Å²) in [4.78, 5) is 56.3. The number of hydrogen-bond donors (Lipinski definition) is 5. The molecule has 4 amide bonds. The lowest BCUT2D eigenvalue weighted by Crippen LogP contribution is -2.61. The highest BCUT2D eigenvalue weighted by Crippen LogP contribution is 2.39. The lowest BCUT2D eigenvalue weighted by Gasteiger charge is -2.47. The number of nitrogens with two attached hydrogens (primary N) is 1. The van der Waals surface area contributed by atoms with Gasteiger partial charge in [0.2, 0.25) is 17.7 Å². The smallest absolute Gasteiger partial charge is 0.255 e. The molecular formula is C43H57N5O7. The molecule has 12 heteroatoms. The molecule has 2 bridgehead atoms. The van der Waals surface area contributed by atoms with E-state index in [0.29, 0.717) is 55.9 Å². The van der Waals surface area contributed by atoms with Crippen LogP contribution in [0.25, 0.3) is 10.8 Å². The number of hydrogen-bond acceptors (Lipinski definition) is 8. The van der Waals surface area contributed by atoms with Crippen molar-refractivity contribution in [1.29, 1.82) is 0 Å². The quantitative estimate of drug-likeness (QED) is 0.249. The molecule has 0 aromatic heterocycles. The van der Waals surface area contributed by atoms with Gasteiger partial charge in [0.25, 0.3) is 5.91 Å². The van der Waals surface area contributed by atoms with Gasteiger partial charge >= 0.3 is 0 Å². The molecule has 3 aromatic rings. The molecule has 6 N–H and O–H groups in total. The van der Waals surface area contributed by atoms with Crippen LogP contribution in [0.2, 0.25) is 0 Å². The third-order valence-corrected chi connectivity index (χ3v) is 11.1. The van der Waals surface area contributed by atoms with Crippen molar-refractivity contribution < 1.29 is 33.8 Å². The minimum absolute atomic E-state index is 0.0647. The molecule has 0 spiro atoms. The molecule has 1 aliphatic carbocycles. The van der Waals surface area contributed by atoms with Crippen LogP contribution in [0.1, 0.15) is 88.1 Å². The number of aliphatic hydroxyl groups excluding tert-OH is 1. The molecule has 3 aromatic carbocycles. The van der Waals surface area contributed by atoms with Crippen molar-refractivity contribution in [2.24, 2.45) is 17.6 Å². The molecule has 2 fully saturated rings. The molecule has 1 saturated carbocycles. The van der Waals surface area contributed by atoms with Gasteiger partial charge in [0.05, 0.1) is 43.4 Å². The van der Waals surface area contributed by atoms with Crippen molar-refractivity contribution in [3.63, 3.8) is 0 Å². The zero-order valence-corrected chi connectivity index (χ0v) is 32.4. The largest absolute Gasteiger partial charge is 0.494 e. The molecule has 4 aliphatic rings. The summed E-state index contributed by atoms with van der Waals surface area (Å²) in [5, 5.41) is 22.6. The fourth-order valence-electron chi connectivity index (χ4n) is 8.28. The minimum Gasteiger partial charge on any atom is -0.494 e. The molecule has 3 heterocycles. The molecule has 0 radical (unpaired) electrons. The van der Waals surface area contributed by atoms with Gasteiger partial charge in [-0.05, 0) is 105 Å². The Hall–Kier alpha value is -4.68. The van der Waals surface area contributed by atoms with E-state index in [2.05, 4.69) is 20.9 Å². The number of nitrogens with one attached hydrogen (secondary N) is 3. The predicted molar refractivity (Wildman–Crippen MR) is 211 cm³/mol. The normalized spacial score (nSPS) is 25.0. The minimum atomic E-state index is -1.33. The molecule has 2 unspecified atom stereocenters. The van der Waals surface area contributed by atoms with Crippen molar-refractivity contribution in [1.82, 2.24) is 20.9 Å². The highest BCUT2D eigenvalue weighted by molar-refractivity contribution is 6.04. The summed E-state index contributed by atoms with van der Waals surface area (Å²) in [6.45, 7) is 7.50. The Bertz CT molecular complexity index is 1830. The number of benzene rings is 3. The maximum atomic E-state index is 14.2. The highest BCUT2D eigenvalue weighted by atomic mass is 16.5. The van der Waals surface area contributed by atoms with E-state index >= 15 is 0 Å². The molecule has 3 aliphatic heterocycles. The maximum Gasteiger partial charge on any atom is 0.255 e. The Labute approximate surface area is 323 Å². The van der Waals surface area contributed by atoms with Crippen LogP contribution in [-0.2, 0) is 20.8 Å². The summed E-state index contributed by atoms with van der Waals surface area (Å²) in [7, 11) is 0. The van der Waals surface area contributed by atoms with Crippen LogP contribution in [-0.4, -0.2) is 89.7 Å². The van der Waals surface area contributed by atoms with Gasteiger partial charge in [0, 0.05) is 18.6 Å². The zero-order chi connectivity index (χ0) is 39.1. The number of carbonyl (C=O) groups is 4. The first-order chi connectivity index (χ1) is 26.3. The van der Waals surface area contributed by atoms with Crippen LogP contribution in [0, 0.1) is 11.8 Å². The summed E-state index contributed by atoms with van der Waals surface area (Å²) in [5.74, 6) is -0.178. The predicted octanol–water partition coefficient (Wildman–Crippen LogP) is 4.25. The Balaban J connectivity index is 1.30. The Morgan fingerprint density at radius 2 is 1.60 bits per heavy atom. The van der Waals surface area contributed by atoms with Gasteiger partial charge in [-0.3, -0.25) is 24.1 Å². The van der Waals surface area contributed by atoms with Gasteiger partial charge in [0.15, 0.2) is 0 Å². The standard InChI is InChI=1S/C43H57N5O7/c1-43(2,3)47-42(53)36-22-29-11-6-7-13-31(29)25-48(36)26-37(49)34-20-27-14-16-32(17-15-27)54-18-8-9-19-55-38-23-30-12-5-4-10-28(30)21-33(38)40(51)46-35(24-39(44)50)41(52)45-34/h4-5,10,12,14-17,21,23,29,31,34-37,49H,6-9,11,13,18-20,22,24-26H2,1-3H3,(H2,44,50)(H,45,52)(H,46,51)(H,47,53)/t29?,31?,34-,35-,36-,37+/m0/s1. The molecule has 296 valence electrons. The summed E-state index contributed by atoms with van der Waals surface area (Å²) in [6.07, 6.45) is 5.27. The summed E-state index contributed by atoms with van der Waals surface area (Å²) >= 11 is 0. The Kier molecular flexibility index (Phi) is 13.0. The van der Waals surface area contributed by atoms with Gasteiger partial charge < -0.3 is 36.3 Å². The van der Waals surface area contributed by atoms with E-state index in [1.807, 2.05) is 69.3 Å². The average Bonchev–Trinajstić information content (AvgIpc) is 3.14. The molecule has 55 heavy (non-hydrogen) atoms. The van der Waals surface area contributed by atoms with Crippen molar-refractivity contribution in [2.75, 3.05) is 26.3 Å². The number of piperidine rings is 1. The van der Waals surface area contributed by atoms with E-state index in [-0.39, 0.29) is 24.4 Å². The van der Waals surface area contributed by atoms with E-state index in [4.69, 9.17) is 15.2 Å². The van der Waals surface area contributed by atoms with Crippen LogP contribution in [0.5, 0.6) is 11.5 Å². The summed E-state index contributed by atoms with van der Waals surface area (Å²) < 4.78 is 12.1. The van der Waals surface area contributed by atoms with E-state index in [1.54, 1.807) is 12.1 Å². The van der Waals surface area contributed by atoms with Crippen molar-refractivity contribution >= 4 is 34.4 Å². The van der Waals surface area contributed by atoms with E-state index in [1.165, 1.54) is 0 Å². The maximum absolute atomic E-state index is 14.2. The average molecular weight is 756 g/mol. The van der Waals surface area contributed by atoms with Crippen LogP contribution in [0.4, 0.5) is 0 Å². The van der Waals surface area contributed by atoms with Crippen LogP contribution >= 0.6 is 0 Å². The van der Waals surface area contributed by atoms with E-state index in [9.17, 15) is 24.3 Å². The lowest BCUT2D eigenvalue weighted by atomic mass is 9.72. The first-order valence-corrected chi connectivity index (χ1v) is 19.8. The number of carbonyl (C=O) groups excluding carboxylic acids is 4. The second kappa shape index (κ2) is 17.8. The van der Waals surface area contributed by atoms with Crippen LogP contribution < -0.4 is 31.2 Å². The molecule has 12 nitrogen and oxygen atoms in total. The fraction of sp³-hybridized carbons (Fsp3) is 0.535. The first-order valence-electron chi connectivity index (χ1n) is 19.8. The highest BCUT2D eigenvalue weighted by Gasteiger charge is 2.42. The van der Waals surface area contributed by atoms with Crippen LogP contribution in [0.15, 0.2) is 60.7 Å². The summed E-state index contributed by atoms with van der Waals surface area (Å²) in [6, 6.07) is 16.0. The number of β-amino-alcohol motifs (C(OH)–C–C–N with tert-alkyl or cyclic N) is 1. The third-order valence-electron chi connectivity index (χ3n) is 11.1. The van der Waals surface area contributed by atoms with E-state index < -0.39 is 53.9 Å². The first kappa shape index (κ1) is 40.0. The number of nitrogens with zero attached hydrogens (tertiary/aromatic N) is 1. The van der Waals surface area contributed by atoms with Crippen LogP contribution in [0.3, 0.4) is 0 Å². The molecular weight excluding hydrogens is 699 g/mol. The van der Waals surface area contributed by atoms with E-state index in [0.717, 1.165) is 48.4 Å². The Morgan fingerprint density at radius 1 is 0.927 bits per heavy atom. The number of aliphatic hydroxyl groups is 1. The number of rotatable bonds is 6. The number of primary amides is 1. The second-order valence-electron chi connectivity index (χ2n) is 16.6. The number of amides is 4. The van der Waals surface area contributed by atoms with Gasteiger partial charge in [-0.2, -0.15) is 0 Å². The molecule has 7 rings (SSSR count).